The first-order chi connectivity index (χ1) is 17.6. The molecule has 2 heterocycles. The maximum absolute atomic E-state index is 12.5. The summed E-state index contributed by atoms with van der Waals surface area (Å²) in [6.45, 7) is 5.22. The molecule has 3 rings (SSSR count). The van der Waals surface area contributed by atoms with Crippen molar-refractivity contribution < 1.29 is 24.2 Å². The predicted octanol–water partition coefficient (Wildman–Crippen LogP) is 5.13. The molecule has 2 N–H and O–H groups in total. The van der Waals surface area contributed by atoms with Crippen LogP contribution in [-0.4, -0.2) is 45.9 Å². The van der Waals surface area contributed by atoms with Crippen LogP contribution in [-0.2, 0) is 20.7 Å². The maximum Gasteiger partial charge on any atom is 0.408 e. The minimum absolute atomic E-state index is 0.0779. The predicted molar refractivity (Wildman–Crippen MR) is 143 cm³/mol. The number of hydrogen-bond donors (Lipinski definition) is 2. The summed E-state index contributed by atoms with van der Waals surface area (Å²) in [6, 6.07) is 9.93. The Morgan fingerprint density at radius 3 is 1.84 bits per heavy atom. The molecule has 8 nitrogen and oxygen atoms in total. The molecular formula is C29H31N3O5. The number of carbonyl (C=O) groups excluding carboxylic acids is 2. The zero-order valence-electron chi connectivity index (χ0n) is 21.3. The fraction of sp³-hybridized carbons (Fsp3) is 0.241. The minimum atomic E-state index is -0.988. The molecule has 0 fully saturated rings. The number of aromatic nitrogens is 2. The van der Waals surface area contributed by atoms with Crippen LogP contribution >= 0.6 is 0 Å². The fourth-order valence-corrected chi connectivity index (χ4v) is 3.46. The second kappa shape index (κ2) is 12.5. The Morgan fingerprint density at radius 2 is 1.41 bits per heavy atom. The summed E-state index contributed by atoms with van der Waals surface area (Å²) < 4.78 is 10.2. The second-order valence-electron chi connectivity index (χ2n) is 9.28. The highest BCUT2D eigenvalue weighted by atomic mass is 16.6. The molecule has 0 aliphatic heterocycles. The molecule has 0 saturated carbocycles. The molecule has 192 valence electrons. The molecule has 0 radical (unpaired) electrons. The first kappa shape index (κ1) is 27.1. The number of aromatic hydroxyl groups is 1. The van der Waals surface area contributed by atoms with Crippen LogP contribution < -0.4 is 5.32 Å². The van der Waals surface area contributed by atoms with E-state index in [0.29, 0.717) is 16.7 Å². The summed E-state index contributed by atoms with van der Waals surface area (Å²) in [7, 11) is 1.26. The van der Waals surface area contributed by atoms with E-state index in [-0.39, 0.29) is 12.2 Å². The Bertz CT molecular complexity index is 1200. The summed E-state index contributed by atoms with van der Waals surface area (Å²) in [5.74, 6) is -0.532. The largest absolute Gasteiger partial charge is 0.507 e. The van der Waals surface area contributed by atoms with Crippen LogP contribution in [0.4, 0.5) is 4.79 Å². The first-order valence-electron chi connectivity index (χ1n) is 11.7. The lowest BCUT2D eigenvalue weighted by Crippen LogP contribution is -2.45. The van der Waals surface area contributed by atoms with Gasteiger partial charge < -0.3 is 19.9 Å². The Balaban J connectivity index is 1.97. The molecule has 37 heavy (non-hydrogen) atoms. The van der Waals surface area contributed by atoms with Crippen molar-refractivity contribution in [1.29, 1.82) is 0 Å². The Labute approximate surface area is 216 Å². The number of pyridine rings is 2. The van der Waals surface area contributed by atoms with Gasteiger partial charge in [-0.15, -0.1) is 0 Å². The molecule has 1 aromatic carbocycles. The van der Waals surface area contributed by atoms with Gasteiger partial charge in [0.1, 0.15) is 17.4 Å². The molecule has 0 saturated heterocycles. The number of phenolic OH excluding ortho intramolecular Hbond substituents is 1. The van der Waals surface area contributed by atoms with Gasteiger partial charge in [0.05, 0.1) is 7.11 Å². The van der Waals surface area contributed by atoms with Crippen molar-refractivity contribution in [3.8, 4) is 5.75 Å². The lowest BCUT2D eigenvalue weighted by molar-refractivity contribution is -0.143. The Kier molecular flexibility index (Phi) is 9.16. The molecule has 1 atom stereocenters. The smallest absolute Gasteiger partial charge is 0.408 e. The molecule has 0 aliphatic rings. The summed E-state index contributed by atoms with van der Waals surface area (Å²) in [4.78, 5) is 32.9. The number of methoxy groups -OCH3 is 1. The van der Waals surface area contributed by atoms with Crippen molar-refractivity contribution in [2.24, 2.45) is 0 Å². The topological polar surface area (TPSA) is 111 Å². The summed E-state index contributed by atoms with van der Waals surface area (Å²) >= 11 is 0. The van der Waals surface area contributed by atoms with E-state index in [0.717, 1.165) is 11.1 Å². The number of rotatable bonds is 8. The van der Waals surface area contributed by atoms with E-state index in [2.05, 4.69) is 15.3 Å². The highest BCUT2D eigenvalue weighted by Crippen LogP contribution is 2.29. The molecule has 0 spiro atoms. The third-order valence-electron chi connectivity index (χ3n) is 5.17. The van der Waals surface area contributed by atoms with Crippen LogP contribution in [0.3, 0.4) is 0 Å². The molecule has 1 amide bonds. The number of alkyl carbamates (subject to hydrolysis) is 1. The Hall–Kier alpha value is -4.46. The van der Waals surface area contributed by atoms with Crippen molar-refractivity contribution in [2.75, 3.05) is 7.11 Å². The standard InChI is InChI=1S/C29H31N3O5/c1-29(2,3)37-28(35)32-25(27(34)36-4)19-22-17-23(7-5-20-9-13-30-14-10-20)26(33)24(18-22)8-6-21-11-15-31-16-12-21/h5-18,25,33H,19H2,1-4H3,(H,32,35)/b7-5+,8-6+. The Morgan fingerprint density at radius 1 is 0.919 bits per heavy atom. The molecular weight excluding hydrogens is 470 g/mol. The lowest BCUT2D eigenvalue weighted by atomic mass is 9.97. The van der Waals surface area contributed by atoms with Crippen LogP contribution in [0, 0.1) is 0 Å². The molecule has 1 unspecified atom stereocenters. The molecule has 0 aliphatic carbocycles. The van der Waals surface area contributed by atoms with Gasteiger partial charge in [0, 0.05) is 42.3 Å². The normalized spacial score (nSPS) is 12.4. The van der Waals surface area contributed by atoms with Gasteiger partial charge >= 0.3 is 12.1 Å². The van der Waals surface area contributed by atoms with E-state index >= 15 is 0 Å². The van der Waals surface area contributed by atoms with Gasteiger partial charge in [-0.2, -0.15) is 0 Å². The van der Waals surface area contributed by atoms with Gasteiger partial charge in [0.2, 0.25) is 0 Å². The van der Waals surface area contributed by atoms with Gasteiger partial charge in [-0.25, -0.2) is 9.59 Å². The van der Waals surface area contributed by atoms with Crippen molar-refractivity contribution in [3.05, 3.63) is 89.0 Å². The lowest BCUT2D eigenvalue weighted by Gasteiger charge is -2.23. The number of hydrogen-bond acceptors (Lipinski definition) is 7. The van der Waals surface area contributed by atoms with Crippen molar-refractivity contribution in [3.63, 3.8) is 0 Å². The van der Waals surface area contributed by atoms with Crippen molar-refractivity contribution in [1.82, 2.24) is 15.3 Å². The van der Waals surface area contributed by atoms with Crippen LogP contribution in [0.15, 0.2) is 61.2 Å². The molecule has 3 aromatic rings. The number of esters is 1. The zero-order valence-corrected chi connectivity index (χ0v) is 21.3. The van der Waals surface area contributed by atoms with E-state index in [4.69, 9.17) is 9.47 Å². The SMILES string of the molecule is COC(=O)C(Cc1cc(/C=C/c2ccncc2)c(O)c(/C=C/c2ccncc2)c1)NC(=O)OC(C)(C)C. The van der Waals surface area contributed by atoms with Crippen molar-refractivity contribution in [2.45, 2.75) is 38.8 Å². The highest BCUT2D eigenvalue weighted by Gasteiger charge is 2.26. The quantitative estimate of drug-likeness (QED) is 0.412. The summed E-state index contributed by atoms with van der Waals surface area (Å²) in [5, 5.41) is 13.6. The first-order valence-corrected chi connectivity index (χ1v) is 11.7. The van der Waals surface area contributed by atoms with Gasteiger partial charge in [-0.05, 0) is 73.9 Å². The van der Waals surface area contributed by atoms with Gasteiger partial charge in [-0.1, -0.05) is 24.3 Å². The number of carbonyl (C=O) groups is 2. The fourth-order valence-electron chi connectivity index (χ4n) is 3.46. The highest BCUT2D eigenvalue weighted by molar-refractivity contribution is 5.83. The van der Waals surface area contributed by atoms with E-state index < -0.39 is 23.7 Å². The van der Waals surface area contributed by atoms with Gasteiger partial charge in [-0.3, -0.25) is 9.97 Å². The number of benzene rings is 1. The van der Waals surface area contributed by atoms with Crippen LogP contribution in [0.25, 0.3) is 24.3 Å². The van der Waals surface area contributed by atoms with Gasteiger partial charge in [0.25, 0.3) is 0 Å². The van der Waals surface area contributed by atoms with Crippen LogP contribution in [0.2, 0.25) is 0 Å². The number of amides is 1. The van der Waals surface area contributed by atoms with Crippen molar-refractivity contribution >= 4 is 36.4 Å². The number of ether oxygens (including phenoxy) is 2. The maximum atomic E-state index is 12.5. The second-order valence-corrected chi connectivity index (χ2v) is 9.28. The van der Waals surface area contributed by atoms with Crippen LogP contribution in [0.5, 0.6) is 5.75 Å². The monoisotopic (exact) mass is 501 g/mol. The third kappa shape index (κ3) is 8.61. The van der Waals surface area contributed by atoms with E-state index in [1.165, 1.54) is 7.11 Å². The van der Waals surface area contributed by atoms with E-state index in [1.807, 2.05) is 36.4 Å². The summed E-state index contributed by atoms with van der Waals surface area (Å²) in [5.41, 5.74) is 2.89. The zero-order chi connectivity index (χ0) is 26.8. The molecule has 8 heteroatoms. The van der Waals surface area contributed by atoms with Crippen LogP contribution in [0.1, 0.15) is 48.6 Å². The number of nitrogens with one attached hydrogen (secondary N) is 1. The van der Waals surface area contributed by atoms with Gasteiger partial charge in [0.15, 0.2) is 0 Å². The van der Waals surface area contributed by atoms with E-state index in [9.17, 15) is 14.7 Å². The number of phenols is 1. The third-order valence-corrected chi connectivity index (χ3v) is 5.17. The molecule has 2 aromatic heterocycles. The minimum Gasteiger partial charge on any atom is -0.507 e. The molecule has 0 bridgehead atoms. The average molecular weight is 502 g/mol. The summed E-state index contributed by atoms with van der Waals surface area (Å²) in [6.07, 6.45) is 13.4. The number of nitrogens with zero attached hydrogens (tertiary/aromatic N) is 2. The van der Waals surface area contributed by atoms with E-state index in [1.54, 1.807) is 69.8 Å². The average Bonchev–Trinajstić information content (AvgIpc) is 2.87.